The zero-order valence-electron chi connectivity index (χ0n) is 12.3. The molecule has 0 N–H and O–H groups in total. The predicted molar refractivity (Wildman–Crippen MR) is 92.1 cm³/mol. The van der Waals surface area contributed by atoms with Crippen molar-refractivity contribution in [2.45, 2.75) is 25.7 Å². The second-order valence-corrected chi connectivity index (χ2v) is 6.33. The second-order valence-electron chi connectivity index (χ2n) is 6.02. The maximum Gasteiger partial charge on any atom is 0.127 e. The van der Waals surface area contributed by atoms with E-state index in [2.05, 4.69) is 55.1 Å². The Morgan fingerprint density at radius 2 is 1.57 bits per heavy atom. The molecule has 0 saturated heterocycles. The van der Waals surface area contributed by atoms with Crippen LogP contribution in [-0.2, 0) is 0 Å². The molecule has 1 fully saturated rings. The van der Waals surface area contributed by atoms with Gasteiger partial charge in [-0.2, -0.15) is 12.6 Å². The van der Waals surface area contributed by atoms with Gasteiger partial charge in [0.1, 0.15) is 5.75 Å². The first-order chi connectivity index (χ1) is 10.3. The predicted octanol–water partition coefficient (Wildman–Crippen LogP) is 5.22. The van der Waals surface area contributed by atoms with Gasteiger partial charge in [-0.1, -0.05) is 61.4 Å². The molecule has 21 heavy (non-hydrogen) atoms. The van der Waals surface area contributed by atoms with Crippen molar-refractivity contribution < 1.29 is 4.74 Å². The van der Waals surface area contributed by atoms with Crippen LogP contribution in [0.5, 0.6) is 5.75 Å². The molecule has 1 aliphatic carbocycles. The Morgan fingerprint density at radius 1 is 0.905 bits per heavy atom. The zero-order valence-corrected chi connectivity index (χ0v) is 13.2. The van der Waals surface area contributed by atoms with E-state index in [0.717, 1.165) is 18.1 Å². The molecule has 0 radical (unpaired) electrons. The van der Waals surface area contributed by atoms with Crippen LogP contribution in [0.4, 0.5) is 0 Å². The SMILES string of the molecule is SCC1(COc2ccccc2-c2ccccc2)CCCC1. The molecule has 110 valence electrons. The highest BCUT2D eigenvalue weighted by atomic mass is 32.1. The van der Waals surface area contributed by atoms with Crippen LogP contribution < -0.4 is 4.74 Å². The van der Waals surface area contributed by atoms with Gasteiger partial charge in [0.2, 0.25) is 0 Å². The Bertz CT molecular complexity index is 573. The van der Waals surface area contributed by atoms with E-state index in [0.29, 0.717) is 0 Å². The summed E-state index contributed by atoms with van der Waals surface area (Å²) in [6, 6.07) is 18.8. The molecule has 0 amide bonds. The van der Waals surface area contributed by atoms with Crippen molar-refractivity contribution in [2.75, 3.05) is 12.4 Å². The number of rotatable bonds is 5. The molecule has 1 nitrogen and oxygen atoms in total. The highest BCUT2D eigenvalue weighted by Gasteiger charge is 2.33. The third kappa shape index (κ3) is 3.26. The Balaban J connectivity index is 1.80. The summed E-state index contributed by atoms with van der Waals surface area (Å²) in [6.07, 6.45) is 5.10. The summed E-state index contributed by atoms with van der Waals surface area (Å²) in [5.41, 5.74) is 2.65. The van der Waals surface area contributed by atoms with Gasteiger partial charge in [-0.25, -0.2) is 0 Å². The Hall–Kier alpha value is -1.41. The average Bonchev–Trinajstić information content (AvgIpc) is 3.04. The molecule has 0 unspecified atom stereocenters. The maximum absolute atomic E-state index is 6.22. The topological polar surface area (TPSA) is 9.23 Å². The Morgan fingerprint density at radius 3 is 2.29 bits per heavy atom. The van der Waals surface area contributed by atoms with Crippen LogP contribution in [0.2, 0.25) is 0 Å². The van der Waals surface area contributed by atoms with Gasteiger partial charge in [-0.15, -0.1) is 0 Å². The van der Waals surface area contributed by atoms with Gasteiger partial charge in [0.15, 0.2) is 0 Å². The molecule has 0 bridgehead atoms. The van der Waals surface area contributed by atoms with E-state index in [1.54, 1.807) is 0 Å². The average molecular weight is 298 g/mol. The minimum absolute atomic E-state index is 0.271. The van der Waals surface area contributed by atoms with E-state index in [1.807, 2.05) is 12.1 Å². The van der Waals surface area contributed by atoms with Crippen molar-refractivity contribution in [1.82, 2.24) is 0 Å². The lowest BCUT2D eigenvalue weighted by atomic mass is 9.90. The summed E-state index contributed by atoms with van der Waals surface area (Å²) in [7, 11) is 0. The third-order valence-electron chi connectivity index (χ3n) is 4.51. The quantitative estimate of drug-likeness (QED) is 0.744. The van der Waals surface area contributed by atoms with E-state index >= 15 is 0 Å². The van der Waals surface area contributed by atoms with Gasteiger partial charge < -0.3 is 4.74 Å². The molecular weight excluding hydrogens is 276 g/mol. The molecule has 1 saturated carbocycles. The monoisotopic (exact) mass is 298 g/mol. The number of benzene rings is 2. The van der Waals surface area contributed by atoms with Crippen LogP contribution in [0.25, 0.3) is 11.1 Å². The van der Waals surface area contributed by atoms with Crippen molar-refractivity contribution in [3.05, 3.63) is 54.6 Å². The molecule has 2 aromatic carbocycles. The van der Waals surface area contributed by atoms with Crippen molar-refractivity contribution in [3.8, 4) is 16.9 Å². The highest BCUT2D eigenvalue weighted by molar-refractivity contribution is 7.80. The molecule has 3 rings (SSSR count). The second kappa shape index (κ2) is 6.57. The fraction of sp³-hybridized carbons (Fsp3) is 0.368. The van der Waals surface area contributed by atoms with Crippen molar-refractivity contribution >= 4 is 12.6 Å². The molecule has 0 heterocycles. The van der Waals surface area contributed by atoms with Crippen LogP contribution in [0.3, 0.4) is 0 Å². The van der Waals surface area contributed by atoms with Gasteiger partial charge in [0.25, 0.3) is 0 Å². The van der Waals surface area contributed by atoms with Crippen LogP contribution in [0, 0.1) is 5.41 Å². The number of ether oxygens (including phenoxy) is 1. The smallest absolute Gasteiger partial charge is 0.127 e. The summed E-state index contributed by atoms with van der Waals surface area (Å²) in [4.78, 5) is 0. The van der Waals surface area contributed by atoms with Gasteiger partial charge >= 0.3 is 0 Å². The summed E-state index contributed by atoms with van der Waals surface area (Å²) < 4.78 is 6.22. The van der Waals surface area contributed by atoms with Crippen molar-refractivity contribution in [1.29, 1.82) is 0 Å². The molecule has 0 spiro atoms. The molecule has 0 aromatic heterocycles. The Labute approximate surface area is 132 Å². The normalized spacial score (nSPS) is 16.8. The molecule has 0 atom stereocenters. The lowest BCUT2D eigenvalue weighted by Crippen LogP contribution is -2.27. The van der Waals surface area contributed by atoms with Gasteiger partial charge in [-0.3, -0.25) is 0 Å². The summed E-state index contributed by atoms with van der Waals surface area (Å²) in [5.74, 6) is 1.90. The number of thiol groups is 1. The lowest BCUT2D eigenvalue weighted by Gasteiger charge is -2.27. The van der Waals surface area contributed by atoms with Crippen LogP contribution in [0.1, 0.15) is 25.7 Å². The number of para-hydroxylation sites is 1. The first kappa shape index (κ1) is 14.5. The third-order valence-corrected chi connectivity index (χ3v) is 5.18. The van der Waals surface area contributed by atoms with Gasteiger partial charge in [0, 0.05) is 11.0 Å². The van der Waals surface area contributed by atoms with Gasteiger partial charge in [0.05, 0.1) is 6.61 Å². The fourth-order valence-electron chi connectivity index (χ4n) is 3.15. The van der Waals surface area contributed by atoms with E-state index in [1.165, 1.54) is 36.8 Å². The van der Waals surface area contributed by atoms with Gasteiger partial charge in [-0.05, 0) is 30.2 Å². The summed E-state index contributed by atoms with van der Waals surface area (Å²) in [5, 5.41) is 0. The van der Waals surface area contributed by atoms with E-state index in [4.69, 9.17) is 4.74 Å². The Kier molecular flexibility index (Phi) is 4.54. The first-order valence-corrected chi connectivity index (χ1v) is 8.34. The minimum Gasteiger partial charge on any atom is -0.492 e. The van der Waals surface area contributed by atoms with Crippen LogP contribution in [0.15, 0.2) is 54.6 Å². The molecule has 2 aromatic rings. The molecular formula is C19H22OS. The standard InChI is InChI=1S/C19H22OS/c21-15-19(12-6-7-13-19)14-20-18-11-5-4-10-17(18)16-8-2-1-3-9-16/h1-5,8-11,21H,6-7,12-15H2. The number of hydrogen-bond acceptors (Lipinski definition) is 2. The number of hydrogen-bond donors (Lipinski definition) is 1. The summed E-state index contributed by atoms with van der Waals surface area (Å²) >= 11 is 4.56. The van der Waals surface area contributed by atoms with Crippen LogP contribution in [-0.4, -0.2) is 12.4 Å². The first-order valence-electron chi connectivity index (χ1n) is 7.71. The molecule has 1 aliphatic rings. The maximum atomic E-state index is 6.22. The van der Waals surface area contributed by atoms with E-state index in [9.17, 15) is 0 Å². The largest absolute Gasteiger partial charge is 0.492 e. The molecule has 2 heteroatoms. The van der Waals surface area contributed by atoms with E-state index < -0.39 is 0 Å². The minimum atomic E-state index is 0.271. The van der Waals surface area contributed by atoms with Crippen molar-refractivity contribution in [3.63, 3.8) is 0 Å². The molecule has 0 aliphatic heterocycles. The summed E-state index contributed by atoms with van der Waals surface area (Å²) in [6.45, 7) is 0.778. The van der Waals surface area contributed by atoms with Crippen molar-refractivity contribution in [2.24, 2.45) is 5.41 Å². The highest BCUT2D eigenvalue weighted by Crippen LogP contribution is 2.40. The van der Waals surface area contributed by atoms with Crippen LogP contribution >= 0.6 is 12.6 Å². The van der Waals surface area contributed by atoms with E-state index in [-0.39, 0.29) is 5.41 Å². The fourth-order valence-corrected chi connectivity index (χ4v) is 3.56. The lowest BCUT2D eigenvalue weighted by molar-refractivity contribution is 0.174. The zero-order chi connectivity index (χ0) is 14.5.